The summed E-state index contributed by atoms with van der Waals surface area (Å²) in [6.45, 7) is 2.23. The van der Waals surface area contributed by atoms with Crippen molar-refractivity contribution < 1.29 is 26.7 Å². The molecule has 0 saturated heterocycles. The van der Waals surface area contributed by atoms with Gasteiger partial charge in [-0.2, -0.15) is 0 Å². The molecule has 0 spiro atoms. The van der Waals surface area contributed by atoms with Crippen molar-refractivity contribution in [3.8, 4) is 16.9 Å². The number of hydrogen-bond acceptors (Lipinski definition) is 1. The summed E-state index contributed by atoms with van der Waals surface area (Å²) in [5.74, 6) is 0.574. The zero-order valence-electron chi connectivity index (χ0n) is 18.9. The number of ether oxygens (including phenoxy) is 1. The fraction of sp³-hybridized carbons (Fsp3) is 0.556. The van der Waals surface area contributed by atoms with Crippen molar-refractivity contribution in [1.29, 1.82) is 0 Å². The van der Waals surface area contributed by atoms with Gasteiger partial charge in [0.1, 0.15) is 17.4 Å². The number of fused-ring (bicyclic) bond motifs is 1. The topological polar surface area (TPSA) is 9.23 Å². The average Bonchev–Trinajstić information content (AvgIpc) is 2.77. The molecule has 2 saturated carbocycles. The third-order valence-corrected chi connectivity index (χ3v) is 7.60. The van der Waals surface area contributed by atoms with Crippen molar-refractivity contribution in [1.82, 2.24) is 0 Å². The summed E-state index contributed by atoms with van der Waals surface area (Å²) in [6.07, 6.45) is 5.87. The van der Waals surface area contributed by atoms with Crippen LogP contribution in [0.3, 0.4) is 0 Å². The molecule has 0 amide bonds. The Morgan fingerprint density at radius 3 is 2.15 bits per heavy atom. The van der Waals surface area contributed by atoms with Crippen LogP contribution in [0.4, 0.5) is 22.0 Å². The van der Waals surface area contributed by atoms with Crippen LogP contribution in [-0.2, 0) is 0 Å². The van der Waals surface area contributed by atoms with Crippen molar-refractivity contribution in [2.24, 2.45) is 17.8 Å². The molecule has 2 aliphatic rings. The lowest BCUT2D eigenvalue weighted by Gasteiger charge is -2.42. The SMILES string of the molecule is CCCCC1CC[C@@H]2C[C@H](c3cc(F)c(-c4ccc(OC(F)(F)F)cc4)c(F)c3)CC[C@@H]2C1. The molecule has 4 rings (SSSR count). The Balaban J connectivity index is 1.45. The molecule has 1 unspecified atom stereocenters. The molecular formula is C27H31F5O. The van der Waals surface area contributed by atoms with Gasteiger partial charge < -0.3 is 4.74 Å². The molecular weight excluding hydrogens is 435 g/mol. The van der Waals surface area contributed by atoms with Gasteiger partial charge in [0, 0.05) is 0 Å². The van der Waals surface area contributed by atoms with Crippen molar-refractivity contribution in [3.05, 3.63) is 53.6 Å². The minimum atomic E-state index is -4.81. The van der Waals surface area contributed by atoms with Crippen molar-refractivity contribution in [2.45, 2.75) is 77.0 Å². The summed E-state index contributed by atoms with van der Waals surface area (Å²) < 4.78 is 70.8. The number of halogens is 5. The van der Waals surface area contributed by atoms with Gasteiger partial charge in [-0.15, -0.1) is 13.2 Å². The van der Waals surface area contributed by atoms with E-state index in [0.717, 1.165) is 43.2 Å². The number of benzene rings is 2. The van der Waals surface area contributed by atoms with E-state index in [-0.39, 0.29) is 17.0 Å². The number of unbranched alkanes of at least 4 members (excludes halogenated alkanes) is 1. The smallest absolute Gasteiger partial charge is 0.406 e. The van der Waals surface area contributed by atoms with Crippen molar-refractivity contribution in [2.75, 3.05) is 0 Å². The normalized spacial score (nSPS) is 25.5. The monoisotopic (exact) mass is 466 g/mol. The molecule has 0 aliphatic heterocycles. The molecule has 0 N–H and O–H groups in total. The lowest BCUT2D eigenvalue weighted by Crippen LogP contribution is -2.30. The predicted octanol–water partition coefficient (Wildman–Crippen LogP) is 9.02. The Labute approximate surface area is 192 Å². The molecule has 2 fully saturated rings. The van der Waals surface area contributed by atoms with Crippen LogP contribution < -0.4 is 4.74 Å². The molecule has 0 radical (unpaired) electrons. The number of rotatable bonds is 6. The molecule has 6 heteroatoms. The van der Waals surface area contributed by atoms with E-state index in [1.807, 2.05) is 0 Å². The lowest BCUT2D eigenvalue weighted by atomic mass is 9.63. The van der Waals surface area contributed by atoms with Gasteiger partial charge in [-0.1, -0.05) is 44.7 Å². The Morgan fingerprint density at radius 2 is 1.52 bits per heavy atom. The maximum absolute atomic E-state index is 15.0. The summed E-state index contributed by atoms with van der Waals surface area (Å²) in [5, 5.41) is 0. The lowest BCUT2D eigenvalue weighted by molar-refractivity contribution is -0.274. The summed E-state index contributed by atoms with van der Waals surface area (Å²) in [5.41, 5.74) is 0.653. The van der Waals surface area contributed by atoms with Crippen molar-refractivity contribution >= 4 is 0 Å². The molecule has 2 aromatic carbocycles. The first-order valence-electron chi connectivity index (χ1n) is 12.1. The molecule has 0 aromatic heterocycles. The van der Waals surface area contributed by atoms with Crippen LogP contribution in [0.25, 0.3) is 11.1 Å². The zero-order chi connectivity index (χ0) is 23.6. The molecule has 0 bridgehead atoms. The van der Waals surface area contributed by atoms with E-state index in [0.29, 0.717) is 11.5 Å². The molecule has 4 atom stereocenters. The fourth-order valence-electron chi connectivity index (χ4n) is 5.97. The minimum absolute atomic E-state index is 0.152. The molecule has 2 aliphatic carbocycles. The maximum atomic E-state index is 15.0. The Kier molecular flexibility index (Phi) is 7.30. The van der Waals surface area contributed by atoms with Gasteiger partial charge in [-0.05, 0) is 91.2 Å². The largest absolute Gasteiger partial charge is 0.573 e. The van der Waals surface area contributed by atoms with Gasteiger partial charge in [0.05, 0.1) is 5.56 Å². The highest BCUT2D eigenvalue weighted by Gasteiger charge is 2.36. The quantitative estimate of drug-likeness (QED) is 0.386. The molecule has 180 valence electrons. The summed E-state index contributed by atoms with van der Waals surface area (Å²) in [6, 6.07) is 7.43. The standard InChI is InChI=1S/C27H31F5O/c1-2-3-4-17-5-6-20-14-21(8-7-19(20)13-17)22-15-24(28)26(25(29)16-22)18-9-11-23(12-10-18)33-27(30,31)32/h9-12,15-17,19-21H,2-8,13-14H2,1H3/t17?,19-,20-,21-/m1/s1. The van der Waals surface area contributed by atoms with E-state index in [1.165, 1.54) is 62.8 Å². The van der Waals surface area contributed by atoms with E-state index in [9.17, 15) is 22.0 Å². The second kappa shape index (κ2) is 10.0. The summed E-state index contributed by atoms with van der Waals surface area (Å²) in [4.78, 5) is 0. The Bertz CT molecular complexity index is 914. The fourth-order valence-corrected chi connectivity index (χ4v) is 5.97. The average molecular weight is 467 g/mol. The number of alkyl halides is 3. The number of hydrogen-bond donors (Lipinski definition) is 0. The highest BCUT2D eigenvalue weighted by atomic mass is 19.4. The first-order chi connectivity index (χ1) is 15.7. The molecule has 1 nitrogen and oxygen atoms in total. The van der Waals surface area contributed by atoms with Crippen LogP contribution in [0, 0.1) is 29.4 Å². The van der Waals surface area contributed by atoms with Crippen LogP contribution in [-0.4, -0.2) is 6.36 Å². The van der Waals surface area contributed by atoms with E-state index in [2.05, 4.69) is 11.7 Å². The summed E-state index contributed by atoms with van der Waals surface area (Å²) >= 11 is 0. The second-order valence-corrected chi connectivity index (χ2v) is 9.78. The highest BCUT2D eigenvalue weighted by molar-refractivity contribution is 5.66. The Morgan fingerprint density at radius 1 is 0.879 bits per heavy atom. The van der Waals surface area contributed by atoms with Crippen molar-refractivity contribution in [3.63, 3.8) is 0 Å². The van der Waals surface area contributed by atoms with E-state index in [1.54, 1.807) is 0 Å². The van der Waals surface area contributed by atoms with Crippen LogP contribution >= 0.6 is 0 Å². The van der Waals surface area contributed by atoms with Gasteiger partial charge in [-0.3, -0.25) is 0 Å². The predicted molar refractivity (Wildman–Crippen MR) is 119 cm³/mol. The van der Waals surface area contributed by atoms with E-state index >= 15 is 0 Å². The van der Waals surface area contributed by atoms with Gasteiger partial charge in [0.15, 0.2) is 0 Å². The third-order valence-electron chi connectivity index (χ3n) is 7.60. The van der Waals surface area contributed by atoms with Gasteiger partial charge in [0.2, 0.25) is 0 Å². The Hall–Kier alpha value is -2.11. The first kappa shape index (κ1) is 24.0. The zero-order valence-corrected chi connectivity index (χ0v) is 18.9. The highest BCUT2D eigenvalue weighted by Crippen LogP contribution is 2.49. The third kappa shape index (κ3) is 5.88. The van der Waals surface area contributed by atoms with Crippen LogP contribution in [0.1, 0.15) is 76.2 Å². The van der Waals surface area contributed by atoms with E-state index < -0.39 is 23.7 Å². The maximum Gasteiger partial charge on any atom is 0.573 e. The molecule has 2 aromatic rings. The van der Waals surface area contributed by atoms with Gasteiger partial charge in [-0.25, -0.2) is 8.78 Å². The molecule has 0 heterocycles. The van der Waals surface area contributed by atoms with Crippen LogP contribution in [0.2, 0.25) is 0 Å². The minimum Gasteiger partial charge on any atom is -0.406 e. The molecule has 33 heavy (non-hydrogen) atoms. The van der Waals surface area contributed by atoms with Crippen LogP contribution in [0.15, 0.2) is 36.4 Å². The summed E-state index contributed by atoms with van der Waals surface area (Å²) in [7, 11) is 0. The second-order valence-electron chi connectivity index (χ2n) is 9.78. The van der Waals surface area contributed by atoms with Crippen LogP contribution in [0.5, 0.6) is 5.75 Å². The first-order valence-corrected chi connectivity index (χ1v) is 12.1. The van der Waals surface area contributed by atoms with E-state index in [4.69, 9.17) is 0 Å². The van der Waals surface area contributed by atoms with Gasteiger partial charge >= 0.3 is 6.36 Å². The van der Waals surface area contributed by atoms with Gasteiger partial charge in [0.25, 0.3) is 0 Å².